The van der Waals surface area contributed by atoms with Gasteiger partial charge in [-0.3, -0.25) is 9.59 Å². The summed E-state index contributed by atoms with van der Waals surface area (Å²) in [4.78, 5) is 25.2. The maximum atomic E-state index is 13.2. The van der Waals surface area contributed by atoms with Gasteiger partial charge in [0.15, 0.2) is 0 Å². The number of nitrogens with two attached hydrogens (primary N) is 1. The van der Waals surface area contributed by atoms with Crippen LogP contribution in [-0.4, -0.2) is 17.9 Å². The van der Waals surface area contributed by atoms with E-state index >= 15 is 0 Å². The zero-order valence-electron chi connectivity index (χ0n) is 16.5. The molecule has 31 heavy (non-hydrogen) atoms. The Morgan fingerprint density at radius 3 is 1.71 bits per heavy atom. The van der Waals surface area contributed by atoms with Crippen LogP contribution in [0.1, 0.15) is 28.2 Å². The van der Waals surface area contributed by atoms with E-state index < -0.39 is 35.5 Å². The molecule has 4 nitrogen and oxygen atoms in total. The fourth-order valence-corrected chi connectivity index (χ4v) is 3.33. The summed E-state index contributed by atoms with van der Waals surface area (Å²) < 4.78 is 38.3. The predicted octanol–water partition coefficient (Wildman–Crippen LogP) is 4.05. The number of carbonyl (C=O) groups is 2. The van der Waals surface area contributed by atoms with Crippen molar-refractivity contribution < 1.29 is 22.8 Å². The third kappa shape index (κ3) is 5.72. The van der Waals surface area contributed by atoms with Gasteiger partial charge in [-0.15, -0.1) is 0 Å². The van der Waals surface area contributed by atoms with Gasteiger partial charge in [-0.2, -0.15) is 13.2 Å². The monoisotopic (exact) mass is 426 g/mol. The predicted molar refractivity (Wildman–Crippen MR) is 111 cm³/mol. The van der Waals surface area contributed by atoms with E-state index in [4.69, 9.17) is 5.73 Å². The van der Waals surface area contributed by atoms with Crippen LogP contribution in [-0.2, 0) is 22.2 Å². The lowest BCUT2D eigenvalue weighted by Crippen LogP contribution is -2.47. The molecular weight excluding hydrogens is 405 g/mol. The molecule has 0 bridgehead atoms. The first-order chi connectivity index (χ1) is 14.8. The normalized spacial score (nSPS) is 12.4. The van der Waals surface area contributed by atoms with Gasteiger partial charge >= 0.3 is 6.18 Å². The molecule has 0 saturated heterocycles. The number of alkyl halides is 3. The molecule has 160 valence electrons. The van der Waals surface area contributed by atoms with Gasteiger partial charge in [-0.05, 0) is 28.8 Å². The molecule has 3 rings (SSSR count). The van der Waals surface area contributed by atoms with Crippen LogP contribution in [0.3, 0.4) is 0 Å². The highest BCUT2D eigenvalue weighted by atomic mass is 19.4. The molecule has 3 N–H and O–H groups in total. The van der Waals surface area contributed by atoms with Gasteiger partial charge in [0.1, 0.15) is 6.04 Å². The molecule has 0 heterocycles. The van der Waals surface area contributed by atoms with Gasteiger partial charge < -0.3 is 11.1 Å². The number of halogens is 3. The van der Waals surface area contributed by atoms with Gasteiger partial charge in [-0.25, -0.2) is 0 Å². The second kappa shape index (κ2) is 9.47. The third-order valence-electron chi connectivity index (χ3n) is 4.91. The molecule has 0 aliphatic rings. The van der Waals surface area contributed by atoms with Crippen molar-refractivity contribution >= 4 is 11.8 Å². The van der Waals surface area contributed by atoms with Gasteiger partial charge in [0.25, 0.3) is 0 Å². The molecular formula is C24H21F3N2O2. The first-order valence-electron chi connectivity index (χ1n) is 9.61. The van der Waals surface area contributed by atoms with E-state index in [1.54, 1.807) is 0 Å². The molecule has 7 heteroatoms. The zero-order chi connectivity index (χ0) is 22.4. The summed E-state index contributed by atoms with van der Waals surface area (Å²) in [5.41, 5.74) is 6.62. The molecule has 0 spiro atoms. The first-order valence-corrected chi connectivity index (χ1v) is 9.61. The van der Waals surface area contributed by atoms with Crippen molar-refractivity contribution in [3.63, 3.8) is 0 Å². The second-order valence-corrected chi connectivity index (χ2v) is 7.12. The Morgan fingerprint density at radius 2 is 1.29 bits per heavy atom. The average Bonchev–Trinajstić information content (AvgIpc) is 2.75. The minimum Gasteiger partial charge on any atom is -0.368 e. The highest BCUT2D eigenvalue weighted by Gasteiger charge is 2.30. The summed E-state index contributed by atoms with van der Waals surface area (Å²) in [6.45, 7) is 0. The second-order valence-electron chi connectivity index (χ2n) is 7.12. The molecule has 3 aromatic rings. The molecule has 0 unspecified atom stereocenters. The SMILES string of the molecule is NC(=O)[C@H](Cc1ccc(C(F)(F)F)cc1)NC(=O)C(c1ccccc1)c1ccccc1. The molecule has 0 aliphatic carbocycles. The van der Waals surface area contributed by atoms with Crippen LogP contribution < -0.4 is 11.1 Å². The van der Waals surface area contributed by atoms with Crippen LogP contribution in [0.5, 0.6) is 0 Å². The van der Waals surface area contributed by atoms with Crippen molar-refractivity contribution in [1.82, 2.24) is 5.32 Å². The van der Waals surface area contributed by atoms with Crippen LogP contribution in [0, 0.1) is 0 Å². The maximum Gasteiger partial charge on any atom is 0.416 e. The van der Waals surface area contributed by atoms with E-state index in [9.17, 15) is 22.8 Å². The van der Waals surface area contributed by atoms with Gasteiger partial charge in [0.2, 0.25) is 11.8 Å². The Bertz CT molecular complexity index is 981. The number of rotatable bonds is 7. The Kier molecular flexibility index (Phi) is 6.74. The molecule has 0 radical (unpaired) electrons. The number of benzene rings is 3. The molecule has 2 amide bonds. The number of hydrogen-bond donors (Lipinski definition) is 2. The Morgan fingerprint density at radius 1 is 0.806 bits per heavy atom. The van der Waals surface area contributed by atoms with Crippen molar-refractivity contribution in [2.75, 3.05) is 0 Å². The summed E-state index contributed by atoms with van der Waals surface area (Å²) in [5, 5.41) is 2.67. The van der Waals surface area contributed by atoms with Gasteiger partial charge in [0.05, 0.1) is 11.5 Å². The molecule has 0 aromatic heterocycles. The molecule has 0 saturated carbocycles. The summed E-state index contributed by atoms with van der Waals surface area (Å²) in [7, 11) is 0. The van der Waals surface area contributed by atoms with E-state index in [1.807, 2.05) is 60.7 Å². The van der Waals surface area contributed by atoms with Crippen LogP contribution in [0.15, 0.2) is 84.9 Å². The first kappa shape index (κ1) is 22.1. The van der Waals surface area contributed by atoms with Crippen LogP contribution in [0.2, 0.25) is 0 Å². The molecule has 0 aliphatic heterocycles. The fraction of sp³-hybridized carbons (Fsp3) is 0.167. The van der Waals surface area contributed by atoms with Crippen molar-refractivity contribution in [3.8, 4) is 0 Å². The molecule has 0 fully saturated rings. The van der Waals surface area contributed by atoms with Gasteiger partial charge in [0, 0.05) is 6.42 Å². The highest BCUT2D eigenvalue weighted by Crippen LogP contribution is 2.29. The zero-order valence-corrected chi connectivity index (χ0v) is 16.5. The molecule has 1 atom stereocenters. The van der Waals surface area contributed by atoms with Crippen LogP contribution in [0.4, 0.5) is 13.2 Å². The number of hydrogen-bond acceptors (Lipinski definition) is 2. The van der Waals surface area contributed by atoms with E-state index in [2.05, 4.69) is 5.32 Å². The lowest BCUT2D eigenvalue weighted by atomic mass is 9.90. The Balaban J connectivity index is 1.82. The number of primary amides is 1. The largest absolute Gasteiger partial charge is 0.416 e. The quantitative estimate of drug-likeness (QED) is 0.598. The fourth-order valence-electron chi connectivity index (χ4n) is 3.33. The summed E-state index contributed by atoms with van der Waals surface area (Å²) in [6.07, 6.45) is -4.47. The van der Waals surface area contributed by atoms with E-state index in [0.29, 0.717) is 5.56 Å². The van der Waals surface area contributed by atoms with E-state index in [0.717, 1.165) is 23.3 Å². The minimum absolute atomic E-state index is 0.0183. The minimum atomic E-state index is -4.45. The van der Waals surface area contributed by atoms with Crippen molar-refractivity contribution in [2.45, 2.75) is 24.6 Å². The summed E-state index contributed by atoms with van der Waals surface area (Å²) in [5.74, 6) is -1.86. The average molecular weight is 426 g/mol. The number of carbonyl (C=O) groups excluding carboxylic acids is 2. The lowest BCUT2D eigenvalue weighted by Gasteiger charge is -2.22. The standard InChI is InChI=1S/C24H21F3N2O2/c25-24(26,27)19-13-11-16(12-14-19)15-20(22(28)30)29-23(31)21(17-7-3-1-4-8-17)18-9-5-2-6-10-18/h1-14,20-21H,15H2,(H2,28,30)(H,29,31)/t20-/m0/s1. The lowest BCUT2D eigenvalue weighted by molar-refractivity contribution is -0.137. The third-order valence-corrected chi connectivity index (χ3v) is 4.91. The smallest absolute Gasteiger partial charge is 0.368 e. The van der Waals surface area contributed by atoms with E-state index in [1.165, 1.54) is 12.1 Å². The van der Waals surface area contributed by atoms with Crippen molar-refractivity contribution in [2.24, 2.45) is 5.73 Å². The van der Waals surface area contributed by atoms with Crippen LogP contribution >= 0.6 is 0 Å². The Hall–Kier alpha value is -3.61. The topological polar surface area (TPSA) is 72.2 Å². The van der Waals surface area contributed by atoms with Crippen molar-refractivity contribution in [3.05, 3.63) is 107 Å². The summed E-state index contributed by atoms with van der Waals surface area (Å²) >= 11 is 0. The molecule has 3 aromatic carbocycles. The van der Waals surface area contributed by atoms with E-state index in [-0.39, 0.29) is 6.42 Å². The Labute approximate surface area is 177 Å². The number of amides is 2. The highest BCUT2D eigenvalue weighted by molar-refractivity contribution is 5.92. The summed E-state index contributed by atoms with van der Waals surface area (Å²) in [6, 6.07) is 21.5. The van der Waals surface area contributed by atoms with Crippen LogP contribution in [0.25, 0.3) is 0 Å². The number of nitrogens with one attached hydrogen (secondary N) is 1. The van der Waals surface area contributed by atoms with Crippen molar-refractivity contribution in [1.29, 1.82) is 0 Å². The van der Waals surface area contributed by atoms with Gasteiger partial charge in [-0.1, -0.05) is 72.8 Å². The maximum absolute atomic E-state index is 13.2.